The minimum Gasteiger partial charge on any atom is -0.494 e. The Hall–Kier alpha value is -2.54. The summed E-state index contributed by atoms with van der Waals surface area (Å²) in [6.45, 7) is 3.98. The van der Waals surface area contributed by atoms with Crippen LogP contribution in [0, 0.1) is 6.92 Å². The van der Waals surface area contributed by atoms with Crippen LogP contribution in [-0.4, -0.2) is 26.1 Å². The Labute approximate surface area is 134 Å². The van der Waals surface area contributed by atoms with Gasteiger partial charge in [0.25, 0.3) is 10.0 Å². The van der Waals surface area contributed by atoms with Crippen molar-refractivity contribution in [1.82, 2.24) is 0 Å². The van der Waals surface area contributed by atoms with Gasteiger partial charge in [-0.15, -0.1) is 0 Å². The summed E-state index contributed by atoms with van der Waals surface area (Å²) in [6, 6.07) is 10.4. The van der Waals surface area contributed by atoms with Crippen molar-refractivity contribution in [1.29, 1.82) is 0 Å². The maximum atomic E-state index is 12.3. The monoisotopic (exact) mass is 335 g/mol. The highest BCUT2D eigenvalue weighted by Crippen LogP contribution is 2.21. The number of sulfonamides is 1. The molecule has 0 aliphatic rings. The number of carboxylic acids is 1. The minimum absolute atomic E-state index is 0.0527. The molecule has 0 amide bonds. The first-order valence-corrected chi connectivity index (χ1v) is 8.41. The fraction of sp³-hybridized carbons (Fsp3) is 0.188. The number of hydrogen-bond acceptors (Lipinski definition) is 4. The zero-order valence-electron chi connectivity index (χ0n) is 12.7. The number of carboxylic acid groups (broad SMARTS) is 1. The molecule has 0 spiro atoms. The molecular formula is C16H17NO5S. The average molecular weight is 335 g/mol. The lowest BCUT2D eigenvalue weighted by Crippen LogP contribution is -2.13. The Morgan fingerprint density at radius 2 is 1.83 bits per heavy atom. The lowest BCUT2D eigenvalue weighted by molar-refractivity contribution is 0.0696. The van der Waals surface area contributed by atoms with E-state index < -0.39 is 16.0 Å². The van der Waals surface area contributed by atoms with Gasteiger partial charge in [-0.05, 0) is 55.8 Å². The summed E-state index contributed by atoms with van der Waals surface area (Å²) in [5, 5.41) is 9.10. The van der Waals surface area contributed by atoms with E-state index in [0.717, 1.165) is 0 Å². The molecule has 0 aliphatic carbocycles. The molecule has 2 rings (SSSR count). The highest BCUT2D eigenvalue weighted by Gasteiger charge is 2.16. The molecule has 2 aromatic carbocycles. The molecule has 2 aromatic rings. The van der Waals surface area contributed by atoms with Crippen LogP contribution in [0.25, 0.3) is 0 Å². The second-order valence-corrected chi connectivity index (χ2v) is 6.53. The van der Waals surface area contributed by atoms with Gasteiger partial charge in [0, 0.05) is 5.69 Å². The molecule has 0 aromatic heterocycles. The lowest BCUT2D eigenvalue weighted by atomic mass is 10.1. The van der Waals surface area contributed by atoms with Crippen molar-refractivity contribution in [3.63, 3.8) is 0 Å². The number of benzene rings is 2. The molecule has 6 nitrogen and oxygen atoms in total. The first-order valence-electron chi connectivity index (χ1n) is 6.93. The van der Waals surface area contributed by atoms with E-state index in [1.165, 1.54) is 24.3 Å². The Balaban J connectivity index is 2.27. The van der Waals surface area contributed by atoms with Crippen molar-refractivity contribution in [2.75, 3.05) is 11.3 Å². The predicted octanol–water partition coefficient (Wildman–Crippen LogP) is 2.89. The predicted molar refractivity (Wildman–Crippen MR) is 86.6 cm³/mol. The van der Waals surface area contributed by atoms with Crippen molar-refractivity contribution in [3.05, 3.63) is 53.6 Å². The van der Waals surface area contributed by atoms with E-state index in [1.54, 1.807) is 25.1 Å². The van der Waals surface area contributed by atoms with Gasteiger partial charge < -0.3 is 9.84 Å². The van der Waals surface area contributed by atoms with E-state index >= 15 is 0 Å². The zero-order chi connectivity index (χ0) is 17.0. The summed E-state index contributed by atoms with van der Waals surface area (Å²) in [6.07, 6.45) is 0. The second-order valence-electron chi connectivity index (χ2n) is 4.84. The standard InChI is InChI=1S/C16H17NO5S/c1-3-22-13-6-8-14(9-7-13)23(20,21)17-12-5-4-11(2)15(10-12)16(18)19/h4-10,17H,3H2,1-2H3,(H,18,19). The van der Waals surface area contributed by atoms with E-state index in [2.05, 4.69) is 4.72 Å². The average Bonchev–Trinajstić information content (AvgIpc) is 2.49. The van der Waals surface area contributed by atoms with Crippen LogP contribution in [0.5, 0.6) is 5.75 Å². The summed E-state index contributed by atoms with van der Waals surface area (Å²) >= 11 is 0. The van der Waals surface area contributed by atoms with Gasteiger partial charge in [0.2, 0.25) is 0 Å². The molecule has 0 bridgehead atoms. The zero-order valence-corrected chi connectivity index (χ0v) is 13.6. The van der Waals surface area contributed by atoms with Crippen molar-refractivity contribution in [3.8, 4) is 5.75 Å². The maximum absolute atomic E-state index is 12.3. The molecule has 122 valence electrons. The van der Waals surface area contributed by atoms with Gasteiger partial charge in [0.05, 0.1) is 17.1 Å². The quantitative estimate of drug-likeness (QED) is 0.847. The van der Waals surface area contributed by atoms with E-state index in [4.69, 9.17) is 9.84 Å². The third kappa shape index (κ3) is 4.01. The van der Waals surface area contributed by atoms with Crippen molar-refractivity contribution < 1.29 is 23.1 Å². The summed E-state index contributed by atoms with van der Waals surface area (Å²) in [5.41, 5.74) is 0.806. The number of hydrogen-bond donors (Lipinski definition) is 2. The van der Waals surface area contributed by atoms with Crippen LogP contribution in [0.1, 0.15) is 22.8 Å². The van der Waals surface area contributed by atoms with Crippen LogP contribution in [0.2, 0.25) is 0 Å². The molecule has 0 heterocycles. The second kappa shape index (κ2) is 6.70. The molecule has 0 unspecified atom stereocenters. The molecule has 0 saturated heterocycles. The van der Waals surface area contributed by atoms with Gasteiger partial charge in [0.15, 0.2) is 0 Å². The maximum Gasteiger partial charge on any atom is 0.336 e. The third-order valence-corrected chi connectivity index (χ3v) is 4.56. The molecule has 0 aliphatic heterocycles. The number of anilines is 1. The van der Waals surface area contributed by atoms with Crippen LogP contribution in [0.4, 0.5) is 5.69 Å². The van der Waals surface area contributed by atoms with Gasteiger partial charge in [-0.3, -0.25) is 4.72 Å². The summed E-state index contributed by atoms with van der Waals surface area (Å²) in [4.78, 5) is 11.2. The smallest absolute Gasteiger partial charge is 0.336 e. The lowest BCUT2D eigenvalue weighted by Gasteiger charge is -2.10. The van der Waals surface area contributed by atoms with Gasteiger partial charge >= 0.3 is 5.97 Å². The summed E-state index contributed by atoms with van der Waals surface area (Å²) in [7, 11) is -3.80. The molecule has 0 atom stereocenters. The number of ether oxygens (including phenoxy) is 1. The van der Waals surface area contributed by atoms with Gasteiger partial charge in [-0.25, -0.2) is 13.2 Å². The number of aryl methyl sites for hydroxylation is 1. The molecule has 0 saturated carbocycles. The first kappa shape index (κ1) is 16.8. The van der Waals surface area contributed by atoms with Crippen LogP contribution in [0.15, 0.2) is 47.4 Å². The summed E-state index contributed by atoms with van der Waals surface area (Å²) in [5.74, 6) is -0.528. The van der Waals surface area contributed by atoms with Crippen LogP contribution >= 0.6 is 0 Å². The van der Waals surface area contributed by atoms with E-state index in [1.807, 2.05) is 6.92 Å². The highest BCUT2D eigenvalue weighted by molar-refractivity contribution is 7.92. The fourth-order valence-electron chi connectivity index (χ4n) is 2.01. The first-order chi connectivity index (χ1) is 10.8. The van der Waals surface area contributed by atoms with E-state index in [9.17, 15) is 13.2 Å². The Morgan fingerprint density at radius 1 is 1.17 bits per heavy atom. The summed E-state index contributed by atoms with van der Waals surface area (Å²) < 4.78 is 32.3. The normalized spacial score (nSPS) is 11.0. The molecule has 7 heteroatoms. The Kier molecular flexibility index (Phi) is 4.90. The molecule has 0 radical (unpaired) electrons. The number of carbonyl (C=O) groups is 1. The Bertz CT molecular complexity index is 813. The van der Waals surface area contributed by atoms with Crippen molar-refractivity contribution >= 4 is 21.7 Å². The van der Waals surface area contributed by atoms with Crippen LogP contribution in [-0.2, 0) is 10.0 Å². The topological polar surface area (TPSA) is 92.7 Å². The van der Waals surface area contributed by atoms with Crippen molar-refractivity contribution in [2.45, 2.75) is 18.7 Å². The molecule has 2 N–H and O–H groups in total. The Morgan fingerprint density at radius 3 is 2.39 bits per heavy atom. The number of nitrogens with one attached hydrogen (secondary N) is 1. The molecular weight excluding hydrogens is 318 g/mol. The number of aromatic carboxylic acids is 1. The SMILES string of the molecule is CCOc1ccc(S(=O)(=O)Nc2ccc(C)c(C(=O)O)c2)cc1. The molecule has 0 fully saturated rings. The van der Waals surface area contributed by atoms with Gasteiger partial charge in [-0.2, -0.15) is 0 Å². The van der Waals surface area contributed by atoms with E-state index in [0.29, 0.717) is 17.9 Å². The fourth-order valence-corrected chi connectivity index (χ4v) is 3.06. The van der Waals surface area contributed by atoms with Gasteiger partial charge in [0.1, 0.15) is 5.75 Å². The van der Waals surface area contributed by atoms with E-state index in [-0.39, 0.29) is 16.1 Å². The molecule has 23 heavy (non-hydrogen) atoms. The van der Waals surface area contributed by atoms with Crippen LogP contribution in [0.3, 0.4) is 0 Å². The third-order valence-electron chi connectivity index (χ3n) is 3.17. The van der Waals surface area contributed by atoms with Crippen LogP contribution < -0.4 is 9.46 Å². The minimum atomic E-state index is -3.80. The number of rotatable bonds is 6. The highest BCUT2D eigenvalue weighted by atomic mass is 32.2. The van der Waals surface area contributed by atoms with Crippen molar-refractivity contribution in [2.24, 2.45) is 0 Å². The van der Waals surface area contributed by atoms with Gasteiger partial charge in [-0.1, -0.05) is 6.07 Å². The largest absolute Gasteiger partial charge is 0.494 e.